The fraction of sp³-hybridized carbons (Fsp3) is 0.357. The Hall–Kier alpha value is -1.83. The minimum Gasteiger partial charge on any atom is -0.369 e. The van der Waals surface area contributed by atoms with Gasteiger partial charge in [0.1, 0.15) is 0 Å². The minimum atomic E-state index is -0.303. The summed E-state index contributed by atoms with van der Waals surface area (Å²) in [7, 11) is 0. The standard InChI is InChI=1S/C14H19N3O/c1-2-17(11-14(16)18)10-13-7-5-12(6-8-13)4-3-9-15/h5-8H,2,9-11,15H2,1H3,(H2,16,18). The van der Waals surface area contributed by atoms with Crippen LogP contribution in [0.3, 0.4) is 0 Å². The zero-order valence-corrected chi connectivity index (χ0v) is 10.6. The fourth-order valence-corrected chi connectivity index (χ4v) is 1.60. The Morgan fingerprint density at radius 1 is 1.33 bits per heavy atom. The van der Waals surface area contributed by atoms with Crippen LogP contribution in [0.2, 0.25) is 0 Å². The molecule has 0 saturated carbocycles. The monoisotopic (exact) mass is 245 g/mol. The molecule has 0 aliphatic rings. The first-order chi connectivity index (χ1) is 8.65. The molecular formula is C14H19N3O. The molecule has 4 heteroatoms. The van der Waals surface area contributed by atoms with Crippen LogP contribution in [0.25, 0.3) is 0 Å². The van der Waals surface area contributed by atoms with Gasteiger partial charge in [0.15, 0.2) is 0 Å². The Morgan fingerprint density at radius 2 is 2.00 bits per heavy atom. The van der Waals surface area contributed by atoms with E-state index in [0.717, 1.165) is 17.7 Å². The second-order valence-corrected chi connectivity index (χ2v) is 3.97. The van der Waals surface area contributed by atoms with Crippen LogP contribution in [0.1, 0.15) is 18.1 Å². The second-order valence-electron chi connectivity index (χ2n) is 3.97. The number of carbonyl (C=O) groups is 1. The van der Waals surface area contributed by atoms with Crippen LogP contribution in [0.4, 0.5) is 0 Å². The number of likely N-dealkylation sites (N-methyl/N-ethyl adjacent to an activating group) is 1. The van der Waals surface area contributed by atoms with Crippen LogP contribution in [-0.2, 0) is 11.3 Å². The third-order valence-electron chi connectivity index (χ3n) is 2.52. The quantitative estimate of drug-likeness (QED) is 0.733. The Kier molecular flexibility index (Phi) is 5.92. The molecule has 0 spiro atoms. The summed E-state index contributed by atoms with van der Waals surface area (Å²) in [5, 5.41) is 0. The van der Waals surface area contributed by atoms with E-state index in [2.05, 4.69) is 11.8 Å². The predicted molar refractivity (Wildman–Crippen MR) is 72.5 cm³/mol. The summed E-state index contributed by atoms with van der Waals surface area (Å²) in [6.45, 7) is 4.15. The van der Waals surface area contributed by atoms with Crippen LogP contribution >= 0.6 is 0 Å². The van der Waals surface area contributed by atoms with Gasteiger partial charge in [0.2, 0.25) is 5.91 Å². The van der Waals surface area contributed by atoms with Crippen molar-refractivity contribution in [1.82, 2.24) is 4.90 Å². The number of nitrogens with zero attached hydrogens (tertiary/aromatic N) is 1. The number of benzene rings is 1. The molecule has 0 unspecified atom stereocenters. The SMILES string of the molecule is CCN(CC(N)=O)Cc1ccc(C#CCN)cc1. The first-order valence-corrected chi connectivity index (χ1v) is 5.94. The fourth-order valence-electron chi connectivity index (χ4n) is 1.60. The zero-order valence-electron chi connectivity index (χ0n) is 10.6. The number of carbonyl (C=O) groups excluding carboxylic acids is 1. The topological polar surface area (TPSA) is 72.3 Å². The van der Waals surface area contributed by atoms with Crippen molar-refractivity contribution in [3.8, 4) is 11.8 Å². The van der Waals surface area contributed by atoms with Gasteiger partial charge in [-0.3, -0.25) is 9.69 Å². The van der Waals surface area contributed by atoms with Crippen LogP contribution in [0, 0.1) is 11.8 Å². The lowest BCUT2D eigenvalue weighted by atomic mass is 10.1. The molecule has 0 saturated heterocycles. The van der Waals surface area contributed by atoms with E-state index in [0.29, 0.717) is 13.1 Å². The summed E-state index contributed by atoms with van der Waals surface area (Å²) < 4.78 is 0. The number of rotatable bonds is 5. The molecule has 0 radical (unpaired) electrons. The van der Waals surface area contributed by atoms with Crippen molar-refractivity contribution in [2.75, 3.05) is 19.6 Å². The third-order valence-corrected chi connectivity index (χ3v) is 2.52. The van der Waals surface area contributed by atoms with Crippen molar-refractivity contribution in [1.29, 1.82) is 0 Å². The van der Waals surface area contributed by atoms with Crippen LogP contribution in [0.5, 0.6) is 0 Å². The summed E-state index contributed by atoms with van der Waals surface area (Å²) in [6, 6.07) is 7.92. The highest BCUT2D eigenvalue weighted by atomic mass is 16.1. The molecule has 4 nitrogen and oxygen atoms in total. The average molecular weight is 245 g/mol. The molecule has 0 aromatic heterocycles. The summed E-state index contributed by atoms with van der Waals surface area (Å²) in [6.07, 6.45) is 0. The van der Waals surface area contributed by atoms with Gasteiger partial charge in [0.25, 0.3) is 0 Å². The van der Waals surface area contributed by atoms with Gasteiger partial charge in [-0.1, -0.05) is 30.9 Å². The smallest absolute Gasteiger partial charge is 0.231 e. The number of hydrogen-bond donors (Lipinski definition) is 2. The van der Waals surface area contributed by atoms with E-state index in [1.165, 1.54) is 0 Å². The van der Waals surface area contributed by atoms with E-state index in [1.54, 1.807) is 0 Å². The number of primary amides is 1. The van der Waals surface area contributed by atoms with E-state index in [4.69, 9.17) is 11.5 Å². The third kappa shape index (κ3) is 5.00. The molecule has 96 valence electrons. The highest BCUT2D eigenvalue weighted by Gasteiger charge is 2.06. The van der Waals surface area contributed by atoms with Crippen molar-refractivity contribution in [3.63, 3.8) is 0 Å². The van der Waals surface area contributed by atoms with E-state index in [-0.39, 0.29) is 12.5 Å². The maximum Gasteiger partial charge on any atom is 0.231 e. The summed E-state index contributed by atoms with van der Waals surface area (Å²) in [5.41, 5.74) is 12.6. The van der Waals surface area contributed by atoms with Crippen molar-refractivity contribution < 1.29 is 4.79 Å². The zero-order chi connectivity index (χ0) is 13.4. The van der Waals surface area contributed by atoms with Gasteiger partial charge in [0.05, 0.1) is 13.1 Å². The molecule has 0 atom stereocenters. The van der Waals surface area contributed by atoms with Crippen LogP contribution in [0.15, 0.2) is 24.3 Å². The maximum atomic E-state index is 10.9. The predicted octanol–water partition coefficient (Wildman–Crippen LogP) is 0.304. The number of nitrogens with two attached hydrogens (primary N) is 2. The Bertz CT molecular complexity index is 442. The summed E-state index contributed by atoms with van der Waals surface area (Å²) >= 11 is 0. The van der Waals surface area contributed by atoms with Gasteiger partial charge in [-0.15, -0.1) is 0 Å². The molecule has 0 aliphatic carbocycles. The average Bonchev–Trinajstić information content (AvgIpc) is 2.36. The van der Waals surface area contributed by atoms with Gasteiger partial charge in [-0.25, -0.2) is 0 Å². The van der Waals surface area contributed by atoms with E-state index in [9.17, 15) is 4.79 Å². The molecule has 0 fully saturated rings. The lowest BCUT2D eigenvalue weighted by Gasteiger charge is -2.18. The van der Waals surface area contributed by atoms with Gasteiger partial charge in [-0.2, -0.15) is 0 Å². The number of amides is 1. The Morgan fingerprint density at radius 3 is 2.50 bits per heavy atom. The van der Waals surface area contributed by atoms with Crippen LogP contribution in [-0.4, -0.2) is 30.4 Å². The lowest BCUT2D eigenvalue weighted by molar-refractivity contribution is -0.119. The largest absolute Gasteiger partial charge is 0.369 e. The molecular weight excluding hydrogens is 226 g/mol. The van der Waals surface area contributed by atoms with E-state index >= 15 is 0 Å². The molecule has 1 aromatic carbocycles. The normalized spacial score (nSPS) is 9.94. The maximum absolute atomic E-state index is 10.9. The highest BCUT2D eigenvalue weighted by Crippen LogP contribution is 2.06. The second kappa shape index (κ2) is 7.49. The highest BCUT2D eigenvalue weighted by molar-refractivity contribution is 5.75. The summed E-state index contributed by atoms with van der Waals surface area (Å²) in [4.78, 5) is 12.9. The van der Waals surface area contributed by atoms with Crippen molar-refractivity contribution >= 4 is 5.91 Å². The molecule has 1 rings (SSSR count). The first kappa shape index (κ1) is 14.2. The van der Waals surface area contributed by atoms with Crippen molar-refractivity contribution in [2.45, 2.75) is 13.5 Å². The molecule has 0 bridgehead atoms. The van der Waals surface area contributed by atoms with Crippen molar-refractivity contribution in [3.05, 3.63) is 35.4 Å². The van der Waals surface area contributed by atoms with E-state index < -0.39 is 0 Å². The molecule has 18 heavy (non-hydrogen) atoms. The van der Waals surface area contributed by atoms with Gasteiger partial charge in [-0.05, 0) is 24.2 Å². The lowest BCUT2D eigenvalue weighted by Crippen LogP contribution is -2.33. The van der Waals surface area contributed by atoms with Gasteiger partial charge in [0, 0.05) is 12.1 Å². The molecule has 4 N–H and O–H groups in total. The van der Waals surface area contributed by atoms with Crippen LogP contribution < -0.4 is 11.5 Å². The van der Waals surface area contributed by atoms with Crippen molar-refractivity contribution in [2.24, 2.45) is 11.5 Å². The van der Waals surface area contributed by atoms with Gasteiger partial charge < -0.3 is 11.5 Å². The van der Waals surface area contributed by atoms with Gasteiger partial charge >= 0.3 is 0 Å². The Labute approximate surface area is 108 Å². The molecule has 0 heterocycles. The van der Waals surface area contributed by atoms with E-state index in [1.807, 2.05) is 36.1 Å². The molecule has 1 amide bonds. The summed E-state index contributed by atoms with van der Waals surface area (Å²) in [5.74, 6) is 5.47. The molecule has 0 aliphatic heterocycles. The molecule has 1 aromatic rings. The number of hydrogen-bond acceptors (Lipinski definition) is 3. The first-order valence-electron chi connectivity index (χ1n) is 5.94. The Balaban J connectivity index is 2.64. The minimum absolute atomic E-state index is 0.283.